The molecule has 2 aliphatic heterocycles. The van der Waals surface area contributed by atoms with Gasteiger partial charge in [-0.3, -0.25) is 4.79 Å². The standard InChI is InChI=1S/C14H26N2O3/c1-3-16-7-4-12(5-8-16)15(2)10-14(13(17)18)6-9-19-11-14/h12H,3-11H2,1-2H3,(H,17,18). The maximum Gasteiger partial charge on any atom is 0.313 e. The molecule has 2 heterocycles. The van der Waals surface area contributed by atoms with Crippen molar-refractivity contribution in [2.75, 3.05) is 46.4 Å². The molecule has 19 heavy (non-hydrogen) atoms. The number of carboxylic acids is 1. The number of likely N-dealkylation sites (tertiary alicyclic amines) is 1. The van der Waals surface area contributed by atoms with Crippen LogP contribution in [-0.4, -0.2) is 73.4 Å². The van der Waals surface area contributed by atoms with E-state index in [9.17, 15) is 9.90 Å². The van der Waals surface area contributed by atoms with Gasteiger partial charge in [-0.05, 0) is 45.9 Å². The van der Waals surface area contributed by atoms with E-state index in [2.05, 4.69) is 23.8 Å². The second-order valence-corrected chi connectivity index (χ2v) is 5.97. The topological polar surface area (TPSA) is 53.0 Å². The molecule has 0 saturated carbocycles. The van der Waals surface area contributed by atoms with Crippen LogP contribution in [0, 0.1) is 5.41 Å². The number of carboxylic acid groups (broad SMARTS) is 1. The molecule has 0 aromatic carbocycles. The van der Waals surface area contributed by atoms with E-state index >= 15 is 0 Å². The molecule has 2 fully saturated rings. The first-order valence-corrected chi connectivity index (χ1v) is 7.31. The van der Waals surface area contributed by atoms with Gasteiger partial charge in [-0.25, -0.2) is 0 Å². The molecule has 1 N–H and O–H groups in total. The molecule has 5 nitrogen and oxygen atoms in total. The van der Waals surface area contributed by atoms with Crippen LogP contribution in [0.3, 0.4) is 0 Å². The Labute approximate surface area is 115 Å². The monoisotopic (exact) mass is 270 g/mol. The van der Waals surface area contributed by atoms with Gasteiger partial charge >= 0.3 is 5.97 Å². The molecule has 0 radical (unpaired) electrons. The maximum absolute atomic E-state index is 11.5. The number of hydrogen-bond acceptors (Lipinski definition) is 4. The summed E-state index contributed by atoms with van der Waals surface area (Å²) in [5.74, 6) is -0.706. The summed E-state index contributed by atoms with van der Waals surface area (Å²) >= 11 is 0. The van der Waals surface area contributed by atoms with Gasteiger partial charge in [0, 0.05) is 19.2 Å². The molecule has 2 aliphatic rings. The molecule has 0 aromatic heterocycles. The quantitative estimate of drug-likeness (QED) is 0.804. The third-order valence-electron chi connectivity index (χ3n) is 4.74. The van der Waals surface area contributed by atoms with E-state index in [0.717, 1.165) is 32.5 Å². The fourth-order valence-electron chi connectivity index (χ4n) is 3.25. The second kappa shape index (κ2) is 6.20. The highest BCUT2D eigenvalue weighted by molar-refractivity contribution is 5.75. The van der Waals surface area contributed by atoms with E-state index < -0.39 is 11.4 Å². The molecule has 110 valence electrons. The summed E-state index contributed by atoms with van der Waals surface area (Å²) < 4.78 is 5.33. The summed E-state index contributed by atoms with van der Waals surface area (Å²) in [6, 6.07) is 0.514. The molecule has 0 aliphatic carbocycles. The maximum atomic E-state index is 11.5. The molecular weight excluding hydrogens is 244 g/mol. The molecule has 1 atom stereocenters. The number of hydrogen-bond donors (Lipinski definition) is 1. The lowest BCUT2D eigenvalue weighted by Crippen LogP contribution is -2.49. The minimum atomic E-state index is -0.706. The zero-order valence-electron chi connectivity index (χ0n) is 12.1. The van der Waals surface area contributed by atoms with Crippen LogP contribution in [0.1, 0.15) is 26.2 Å². The number of aliphatic carboxylic acids is 1. The first kappa shape index (κ1) is 14.8. The van der Waals surface area contributed by atoms with Gasteiger partial charge in [0.1, 0.15) is 5.41 Å². The molecule has 0 aromatic rings. The van der Waals surface area contributed by atoms with E-state index in [0.29, 0.717) is 32.2 Å². The van der Waals surface area contributed by atoms with Gasteiger partial charge in [0.2, 0.25) is 0 Å². The van der Waals surface area contributed by atoms with Crippen molar-refractivity contribution in [1.29, 1.82) is 0 Å². The van der Waals surface area contributed by atoms with Gasteiger partial charge in [0.15, 0.2) is 0 Å². The Bertz CT molecular complexity index is 308. The fraction of sp³-hybridized carbons (Fsp3) is 0.929. The van der Waals surface area contributed by atoms with Crippen LogP contribution in [-0.2, 0) is 9.53 Å². The molecular formula is C14H26N2O3. The molecule has 2 rings (SSSR count). The van der Waals surface area contributed by atoms with Crippen molar-refractivity contribution < 1.29 is 14.6 Å². The Hall–Kier alpha value is -0.650. The van der Waals surface area contributed by atoms with Gasteiger partial charge in [0.25, 0.3) is 0 Å². The molecule has 5 heteroatoms. The average molecular weight is 270 g/mol. The van der Waals surface area contributed by atoms with Crippen LogP contribution in [0.5, 0.6) is 0 Å². The zero-order valence-corrected chi connectivity index (χ0v) is 12.1. The van der Waals surface area contributed by atoms with Crippen molar-refractivity contribution >= 4 is 5.97 Å². The zero-order chi connectivity index (χ0) is 13.9. The summed E-state index contributed by atoms with van der Waals surface area (Å²) in [5, 5.41) is 9.48. The normalized spacial score (nSPS) is 30.1. The minimum absolute atomic E-state index is 0.362. The van der Waals surface area contributed by atoms with E-state index in [4.69, 9.17) is 4.74 Å². The Balaban J connectivity index is 1.89. The molecule has 0 amide bonds. The van der Waals surface area contributed by atoms with Gasteiger partial charge in [-0.15, -0.1) is 0 Å². The van der Waals surface area contributed by atoms with E-state index in [1.807, 2.05) is 0 Å². The molecule has 0 spiro atoms. The number of rotatable bonds is 5. The summed E-state index contributed by atoms with van der Waals surface area (Å²) in [6.45, 7) is 7.11. The third kappa shape index (κ3) is 3.27. The average Bonchev–Trinajstić information content (AvgIpc) is 2.88. The van der Waals surface area contributed by atoms with Gasteiger partial charge in [-0.2, -0.15) is 0 Å². The van der Waals surface area contributed by atoms with E-state index in [1.54, 1.807) is 0 Å². The van der Waals surface area contributed by atoms with E-state index in [1.165, 1.54) is 0 Å². The van der Waals surface area contributed by atoms with Crippen molar-refractivity contribution in [3.05, 3.63) is 0 Å². The Morgan fingerprint density at radius 1 is 1.47 bits per heavy atom. The van der Waals surface area contributed by atoms with Crippen LogP contribution in [0.2, 0.25) is 0 Å². The Morgan fingerprint density at radius 3 is 2.63 bits per heavy atom. The van der Waals surface area contributed by atoms with Crippen molar-refractivity contribution in [1.82, 2.24) is 9.80 Å². The fourth-order valence-corrected chi connectivity index (χ4v) is 3.25. The second-order valence-electron chi connectivity index (χ2n) is 5.97. The van der Waals surface area contributed by atoms with E-state index in [-0.39, 0.29) is 0 Å². The number of nitrogens with zero attached hydrogens (tertiary/aromatic N) is 2. The van der Waals surface area contributed by atoms with Crippen LogP contribution >= 0.6 is 0 Å². The first-order chi connectivity index (χ1) is 9.07. The smallest absolute Gasteiger partial charge is 0.313 e. The van der Waals surface area contributed by atoms with Gasteiger partial charge < -0.3 is 19.6 Å². The predicted molar refractivity (Wildman–Crippen MR) is 73.3 cm³/mol. The van der Waals surface area contributed by atoms with Crippen LogP contribution in [0.15, 0.2) is 0 Å². The van der Waals surface area contributed by atoms with Gasteiger partial charge in [0.05, 0.1) is 6.61 Å². The number of piperidine rings is 1. The SMILES string of the molecule is CCN1CCC(N(C)CC2(C(=O)O)CCOC2)CC1. The third-order valence-corrected chi connectivity index (χ3v) is 4.74. The molecule has 2 saturated heterocycles. The van der Waals surface area contributed by atoms with Crippen LogP contribution in [0.25, 0.3) is 0 Å². The number of carbonyl (C=O) groups is 1. The Kier molecular flexibility index (Phi) is 4.81. The largest absolute Gasteiger partial charge is 0.481 e. The lowest BCUT2D eigenvalue weighted by atomic mass is 9.86. The summed E-state index contributed by atoms with van der Waals surface area (Å²) in [5.41, 5.74) is -0.684. The highest BCUT2D eigenvalue weighted by Crippen LogP contribution is 2.31. The minimum Gasteiger partial charge on any atom is -0.481 e. The predicted octanol–water partition coefficient (Wildman–Crippen LogP) is 0.894. The highest BCUT2D eigenvalue weighted by atomic mass is 16.5. The van der Waals surface area contributed by atoms with Crippen molar-refractivity contribution in [2.45, 2.75) is 32.2 Å². The highest BCUT2D eigenvalue weighted by Gasteiger charge is 2.44. The van der Waals surface area contributed by atoms with Crippen LogP contribution < -0.4 is 0 Å². The molecule has 0 bridgehead atoms. The summed E-state index contributed by atoms with van der Waals surface area (Å²) in [6.07, 6.45) is 2.92. The molecule has 1 unspecified atom stereocenters. The first-order valence-electron chi connectivity index (χ1n) is 7.31. The Morgan fingerprint density at radius 2 is 2.16 bits per heavy atom. The van der Waals surface area contributed by atoms with Crippen molar-refractivity contribution in [2.24, 2.45) is 5.41 Å². The summed E-state index contributed by atoms with van der Waals surface area (Å²) in [7, 11) is 2.06. The van der Waals surface area contributed by atoms with Crippen molar-refractivity contribution in [3.63, 3.8) is 0 Å². The van der Waals surface area contributed by atoms with Crippen molar-refractivity contribution in [3.8, 4) is 0 Å². The summed E-state index contributed by atoms with van der Waals surface area (Å²) in [4.78, 5) is 16.2. The van der Waals surface area contributed by atoms with Gasteiger partial charge in [-0.1, -0.05) is 6.92 Å². The lowest BCUT2D eigenvalue weighted by Gasteiger charge is -2.39. The van der Waals surface area contributed by atoms with Crippen LogP contribution in [0.4, 0.5) is 0 Å². The lowest BCUT2D eigenvalue weighted by molar-refractivity contribution is -0.150. The number of ether oxygens (including phenoxy) is 1.